The van der Waals surface area contributed by atoms with Gasteiger partial charge in [0, 0.05) is 11.4 Å². The Morgan fingerprint density at radius 2 is 2.11 bits per heavy atom. The van der Waals surface area contributed by atoms with Crippen LogP contribution in [0.15, 0.2) is 24.3 Å². The number of carboxylic acid groups (broad SMARTS) is 1. The monoisotopic (exact) mass is 295 g/mol. The highest BCUT2D eigenvalue weighted by molar-refractivity contribution is 7.14. The van der Waals surface area contributed by atoms with Gasteiger partial charge in [-0.1, -0.05) is 17.7 Å². The second kappa shape index (κ2) is 5.63. The number of halogens is 1. The first-order chi connectivity index (χ1) is 8.97. The van der Waals surface area contributed by atoms with E-state index in [4.69, 9.17) is 16.7 Å². The van der Waals surface area contributed by atoms with Crippen molar-refractivity contribution in [2.45, 2.75) is 20.4 Å². The average molecular weight is 296 g/mol. The van der Waals surface area contributed by atoms with E-state index in [2.05, 4.69) is 5.32 Å². The van der Waals surface area contributed by atoms with Crippen molar-refractivity contribution in [2.75, 3.05) is 5.32 Å². The highest BCUT2D eigenvalue weighted by Crippen LogP contribution is 2.26. The number of nitrogens with one attached hydrogen (secondary N) is 1. The molecule has 2 aromatic rings. The Labute approximate surface area is 120 Å². The van der Waals surface area contributed by atoms with E-state index in [1.807, 2.05) is 32.0 Å². The van der Waals surface area contributed by atoms with Crippen LogP contribution in [0.25, 0.3) is 0 Å². The third-order valence-corrected chi connectivity index (χ3v) is 4.23. The molecule has 1 heterocycles. The van der Waals surface area contributed by atoms with Crippen LogP contribution in [-0.2, 0) is 6.54 Å². The molecule has 0 saturated heterocycles. The lowest BCUT2D eigenvalue weighted by molar-refractivity contribution is 0.0702. The van der Waals surface area contributed by atoms with Gasteiger partial charge in [-0.15, -0.1) is 11.3 Å². The molecule has 0 bridgehead atoms. The van der Waals surface area contributed by atoms with Crippen molar-refractivity contribution in [2.24, 2.45) is 0 Å². The smallest absolute Gasteiger partial charge is 0.345 e. The van der Waals surface area contributed by atoms with E-state index in [0.29, 0.717) is 16.4 Å². The van der Waals surface area contributed by atoms with Crippen molar-refractivity contribution < 1.29 is 9.90 Å². The Bertz CT molecular complexity index is 622. The lowest BCUT2D eigenvalue weighted by Crippen LogP contribution is -2.00. The Balaban J connectivity index is 2.14. The van der Waals surface area contributed by atoms with E-state index in [1.165, 1.54) is 11.3 Å². The SMILES string of the molecule is Cc1ccc(Cl)c(NCc2cc(C(=O)O)sc2C)c1. The van der Waals surface area contributed by atoms with Crippen molar-refractivity contribution in [1.82, 2.24) is 0 Å². The summed E-state index contributed by atoms with van der Waals surface area (Å²) in [4.78, 5) is 12.3. The summed E-state index contributed by atoms with van der Waals surface area (Å²) in [5.41, 5.74) is 2.98. The quantitative estimate of drug-likeness (QED) is 0.882. The first kappa shape index (κ1) is 13.9. The van der Waals surface area contributed by atoms with Gasteiger partial charge in [-0.3, -0.25) is 0 Å². The highest BCUT2D eigenvalue weighted by atomic mass is 35.5. The van der Waals surface area contributed by atoms with Crippen molar-refractivity contribution in [1.29, 1.82) is 0 Å². The maximum absolute atomic E-state index is 10.9. The normalized spacial score (nSPS) is 10.5. The summed E-state index contributed by atoms with van der Waals surface area (Å²) in [6.07, 6.45) is 0. The molecule has 0 radical (unpaired) electrons. The molecule has 0 aliphatic heterocycles. The predicted molar refractivity (Wildman–Crippen MR) is 79.5 cm³/mol. The molecule has 2 N–H and O–H groups in total. The number of anilines is 1. The topological polar surface area (TPSA) is 49.3 Å². The zero-order chi connectivity index (χ0) is 14.0. The predicted octanol–water partition coefficient (Wildman–Crippen LogP) is 4.33. The molecule has 0 saturated carbocycles. The van der Waals surface area contributed by atoms with Crippen molar-refractivity contribution in [3.05, 3.63) is 50.2 Å². The van der Waals surface area contributed by atoms with Crippen molar-refractivity contribution in [3.8, 4) is 0 Å². The van der Waals surface area contributed by atoms with Gasteiger partial charge in [0.2, 0.25) is 0 Å². The number of hydrogen-bond acceptors (Lipinski definition) is 3. The molecule has 5 heteroatoms. The summed E-state index contributed by atoms with van der Waals surface area (Å²) in [7, 11) is 0. The molecule has 1 aromatic heterocycles. The first-order valence-corrected chi connectivity index (χ1v) is 6.99. The van der Waals surface area contributed by atoms with Gasteiger partial charge < -0.3 is 10.4 Å². The lowest BCUT2D eigenvalue weighted by atomic mass is 10.2. The fourth-order valence-electron chi connectivity index (χ4n) is 1.77. The number of aromatic carboxylic acids is 1. The molecular formula is C14H14ClNO2S. The Morgan fingerprint density at radius 3 is 2.74 bits per heavy atom. The summed E-state index contributed by atoms with van der Waals surface area (Å²) in [6.45, 7) is 4.49. The molecule has 0 unspecified atom stereocenters. The molecule has 19 heavy (non-hydrogen) atoms. The number of benzene rings is 1. The fraction of sp³-hybridized carbons (Fsp3) is 0.214. The zero-order valence-corrected chi connectivity index (χ0v) is 12.2. The van der Waals surface area contributed by atoms with Gasteiger partial charge in [0.05, 0.1) is 10.7 Å². The van der Waals surface area contributed by atoms with E-state index in [1.54, 1.807) is 6.07 Å². The minimum Gasteiger partial charge on any atom is -0.477 e. The Morgan fingerprint density at radius 1 is 1.37 bits per heavy atom. The second-order valence-electron chi connectivity index (χ2n) is 4.33. The summed E-state index contributed by atoms with van der Waals surface area (Å²) in [6, 6.07) is 7.48. The first-order valence-electron chi connectivity index (χ1n) is 5.80. The molecule has 0 atom stereocenters. The fourth-order valence-corrected chi connectivity index (χ4v) is 2.83. The number of carbonyl (C=O) groups is 1. The van der Waals surface area contributed by atoms with Gasteiger partial charge >= 0.3 is 5.97 Å². The molecule has 1 aromatic carbocycles. The standard InChI is InChI=1S/C14H14ClNO2S/c1-8-3-4-11(15)12(5-8)16-7-10-6-13(14(17)18)19-9(10)2/h3-6,16H,7H2,1-2H3,(H,17,18). The van der Waals surface area contributed by atoms with E-state index >= 15 is 0 Å². The van der Waals surface area contributed by atoms with Gasteiger partial charge in [0.1, 0.15) is 4.88 Å². The van der Waals surface area contributed by atoms with E-state index in [0.717, 1.165) is 21.7 Å². The van der Waals surface area contributed by atoms with Crippen LogP contribution in [0.1, 0.15) is 25.7 Å². The largest absolute Gasteiger partial charge is 0.477 e. The van der Waals surface area contributed by atoms with Gasteiger partial charge in [0.15, 0.2) is 0 Å². The number of thiophene rings is 1. The number of rotatable bonds is 4. The molecule has 2 rings (SSSR count). The van der Waals surface area contributed by atoms with Crippen LogP contribution in [0, 0.1) is 13.8 Å². The lowest BCUT2D eigenvalue weighted by Gasteiger charge is -2.09. The van der Waals surface area contributed by atoms with E-state index < -0.39 is 5.97 Å². The maximum Gasteiger partial charge on any atom is 0.345 e. The van der Waals surface area contributed by atoms with Crippen LogP contribution in [0.4, 0.5) is 5.69 Å². The van der Waals surface area contributed by atoms with Crippen LogP contribution in [0.3, 0.4) is 0 Å². The molecular weight excluding hydrogens is 282 g/mol. The number of aryl methyl sites for hydroxylation is 2. The van der Waals surface area contributed by atoms with Crippen LogP contribution in [0.5, 0.6) is 0 Å². The van der Waals surface area contributed by atoms with Crippen molar-refractivity contribution >= 4 is 34.6 Å². The zero-order valence-electron chi connectivity index (χ0n) is 10.7. The third-order valence-electron chi connectivity index (χ3n) is 2.82. The molecule has 3 nitrogen and oxygen atoms in total. The number of carboxylic acids is 1. The summed E-state index contributed by atoms with van der Waals surface area (Å²) < 4.78 is 0. The summed E-state index contributed by atoms with van der Waals surface area (Å²) in [5, 5.41) is 12.9. The molecule has 0 aliphatic carbocycles. The van der Waals surface area contributed by atoms with Crippen LogP contribution < -0.4 is 5.32 Å². The average Bonchev–Trinajstić information content (AvgIpc) is 2.72. The summed E-state index contributed by atoms with van der Waals surface area (Å²) in [5.74, 6) is -0.882. The second-order valence-corrected chi connectivity index (χ2v) is 6.00. The Hall–Kier alpha value is -1.52. The van der Waals surface area contributed by atoms with Gasteiger partial charge in [-0.2, -0.15) is 0 Å². The molecule has 0 fully saturated rings. The van der Waals surface area contributed by atoms with Crippen LogP contribution in [-0.4, -0.2) is 11.1 Å². The molecule has 0 spiro atoms. The van der Waals surface area contributed by atoms with Gasteiger partial charge in [-0.25, -0.2) is 4.79 Å². The Kier molecular flexibility index (Phi) is 4.12. The number of hydrogen-bond donors (Lipinski definition) is 2. The molecule has 100 valence electrons. The van der Waals surface area contributed by atoms with Crippen LogP contribution >= 0.6 is 22.9 Å². The van der Waals surface area contributed by atoms with Gasteiger partial charge in [0.25, 0.3) is 0 Å². The van der Waals surface area contributed by atoms with E-state index in [-0.39, 0.29) is 0 Å². The minimum atomic E-state index is -0.882. The van der Waals surface area contributed by atoms with Gasteiger partial charge in [-0.05, 0) is 43.2 Å². The van der Waals surface area contributed by atoms with Crippen molar-refractivity contribution in [3.63, 3.8) is 0 Å². The molecule has 0 amide bonds. The third kappa shape index (κ3) is 3.28. The highest BCUT2D eigenvalue weighted by Gasteiger charge is 2.11. The maximum atomic E-state index is 10.9. The summed E-state index contributed by atoms with van der Waals surface area (Å²) >= 11 is 7.40. The van der Waals surface area contributed by atoms with E-state index in [9.17, 15) is 4.79 Å². The molecule has 0 aliphatic rings. The minimum absolute atomic E-state index is 0.365. The van der Waals surface area contributed by atoms with Crippen LogP contribution in [0.2, 0.25) is 5.02 Å².